The van der Waals surface area contributed by atoms with E-state index >= 15 is 0 Å². The zero-order chi connectivity index (χ0) is 15.6. The van der Waals surface area contributed by atoms with Gasteiger partial charge in [0.15, 0.2) is 0 Å². The Hall–Kier alpha value is -1.86. The minimum atomic E-state index is -4.37. The third kappa shape index (κ3) is 3.62. The number of hydrogen-bond donors (Lipinski definition) is 1. The number of alkyl halides is 3. The summed E-state index contributed by atoms with van der Waals surface area (Å²) in [5.74, 6) is -3.46. The summed E-state index contributed by atoms with van der Waals surface area (Å²) in [6.07, 6.45) is -0.499. The molecule has 1 N–H and O–H groups in total. The van der Waals surface area contributed by atoms with Crippen molar-refractivity contribution >= 4 is 11.7 Å². The van der Waals surface area contributed by atoms with Crippen LogP contribution in [0, 0.1) is 5.92 Å². The highest BCUT2D eigenvalue weighted by Crippen LogP contribution is 2.37. The van der Waals surface area contributed by atoms with E-state index in [2.05, 4.69) is 10.4 Å². The second-order valence-electron chi connectivity index (χ2n) is 5.24. The predicted octanol–water partition coefficient (Wildman–Crippen LogP) is 1.84. The van der Waals surface area contributed by atoms with E-state index in [-0.39, 0.29) is 18.4 Å². The smallest absolute Gasteiger partial charge is 0.346 e. The molecule has 1 heterocycles. The maximum absolute atomic E-state index is 12.9. The molecule has 0 spiro atoms. The van der Waals surface area contributed by atoms with Crippen molar-refractivity contribution in [1.82, 2.24) is 15.1 Å². The van der Waals surface area contributed by atoms with Crippen LogP contribution in [-0.4, -0.2) is 33.7 Å². The normalized spacial score (nSPS) is 22.9. The van der Waals surface area contributed by atoms with Crippen LogP contribution in [0.5, 0.6) is 0 Å². The monoisotopic (exact) mass is 303 g/mol. The molecule has 1 saturated carbocycles. The Morgan fingerprint density at radius 3 is 2.57 bits per heavy atom. The number of hydrogen-bond acceptors (Lipinski definition) is 3. The first-order valence-electron chi connectivity index (χ1n) is 6.69. The third-order valence-electron chi connectivity index (χ3n) is 3.68. The number of aryl methyl sites for hydroxylation is 1. The molecule has 1 aromatic heterocycles. The van der Waals surface area contributed by atoms with Gasteiger partial charge in [-0.2, -0.15) is 18.3 Å². The quantitative estimate of drug-likeness (QED) is 0.684. The molecule has 0 aromatic carbocycles. The lowest BCUT2D eigenvalue weighted by Crippen LogP contribution is -2.49. The molecular formula is C13H16F3N3O2. The van der Waals surface area contributed by atoms with E-state index in [1.807, 2.05) is 0 Å². The molecule has 0 aliphatic heterocycles. The Morgan fingerprint density at radius 2 is 2.00 bits per heavy atom. The molecule has 0 bridgehead atoms. The Bertz CT molecular complexity index is 539. The van der Waals surface area contributed by atoms with E-state index in [9.17, 15) is 22.8 Å². The SMILES string of the molecule is Cn1cc(C(=O)C(=O)N[C@@H]2CCCC[C@@H]2C(F)(F)F)cn1. The molecule has 1 aromatic rings. The van der Waals surface area contributed by atoms with Gasteiger partial charge in [0.05, 0.1) is 17.7 Å². The van der Waals surface area contributed by atoms with Gasteiger partial charge >= 0.3 is 6.18 Å². The minimum absolute atomic E-state index is 0.0183. The average Bonchev–Trinajstić information content (AvgIpc) is 2.84. The molecule has 8 heteroatoms. The number of halogens is 3. The van der Waals surface area contributed by atoms with Crippen LogP contribution in [0.3, 0.4) is 0 Å². The fraction of sp³-hybridized carbons (Fsp3) is 0.615. The fourth-order valence-corrected chi connectivity index (χ4v) is 2.60. The highest BCUT2D eigenvalue weighted by atomic mass is 19.4. The predicted molar refractivity (Wildman–Crippen MR) is 67.5 cm³/mol. The summed E-state index contributed by atoms with van der Waals surface area (Å²) in [7, 11) is 1.58. The molecule has 0 unspecified atom stereocenters. The van der Waals surface area contributed by atoms with Crippen molar-refractivity contribution in [3.8, 4) is 0 Å². The van der Waals surface area contributed by atoms with Crippen molar-refractivity contribution in [3.05, 3.63) is 18.0 Å². The van der Waals surface area contributed by atoms with Crippen LogP contribution in [0.1, 0.15) is 36.0 Å². The summed E-state index contributed by atoms with van der Waals surface area (Å²) in [6.45, 7) is 0. The van der Waals surface area contributed by atoms with Crippen LogP contribution >= 0.6 is 0 Å². The van der Waals surface area contributed by atoms with Gasteiger partial charge in [-0.05, 0) is 12.8 Å². The van der Waals surface area contributed by atoms with Crippen LogP contribution in [0.15, 0.2) is 12.4 Å². The van der Waals surface area contributed by atoms with Crippen LogP contribution in [-0.2, 0) is 11.8 Å². The number of ketones is 1. The fourth-order valence-electron chi connectivity index (χ4n) is 2.60. The Labute approximate surface area is 119 Å². The average molecular weight is 303 g/mol. The van der Waals surface area contributed by atoms with Crippen molar-refractivity contribution in [2.45, 2.75) is 37.9 Å². The maximum Gasteiger partial charge on any atom is 0.393 e. The summed E-state index contributed by atoms with van der Waals surface area (Å²) in [6, 6.07) is -1.04. The van der Waals surface area contributed by atoms with Crippen LogP contribution in [0.25, 0.3) is 0 Å². The van der Waals surface area contributed by atoms with Crippen molar-refractivity contribution in [2.24, 2.45) is 13.0 Å². The number of nitrogens with zero attached hydrogens (tertiary/aromatic N) is 2. The molecule has 2 atom stereocenters. The van der Waals surface area contributed by atoms with E-state index in [1.165, 1.54) is 17.1 Å². The summed E-state index contributed by atoms with van der Waals surface area (Å²) in [5, 5.41) is 5.99. The zero-order valence-electron chi connectivity index (χ0n) is 11.5. The molecule has 0 saturated heterocycles. The number of amides is 1. The van der Waals surface area contributed by atoms with Gasteiger partial charge in [0, 0.05) is 19.3 Å². The molecule has 0 radical (unpaired) electrons. The van der Waals surface area contributed by atoms with Crippen molar-refractivity contribution < 1.29 is 22.8 Å². The maximum atomic E-state index is 12.9. The van der Waals surface area contributed by atoms with Crippen LogP contribution < -0.4 is 5.32 Å². The van der Waals surface area contributed by atoms with Gasteiger partial charge < -0.3 is 5.32 Å². The molecular weight excluding hydrogens is 287 g/mol. The highest BCUT2D eigenvalue weighted by molar-refractivity contribution is 6.42. The van der Waals surface area contributed by atoms with Gasteiger partial charge in [-0.25, -0.2) is 0 Å². The number of rotatable bonds is 3. The lowest BCUT2D eigenvalue weighted by atomic mass is 9.84. The summed E-state index contributed by atoms with van der Waals surface area (Å²) in [4.78, 5) is 23.7. The topological polar surface area (TPSA) is 64.0 Å². The second-order valence-corrected chi connectivity index (χ2v) is 5.24. The third-order valence-corrected chi connectivity index (χ3v) is 3.68. The molecule has 1 aliphatic carbocycles. The number of carbonyl (C=O) groups is 2. The molecule has 1 amide bonds. The van der Waals surface area contributed by atoms with Crippen molar-refractivity contribution in [3.63, 3.8) is 0 Å². The Balaban J connectivity index is 2.05. The van der Waals surface area contributed by atoms with Crippen LogP contribution in [0.4, 0.5) is 13.2 Å². The zero-order valence-corrected chi connectivity index (χ0v) is 11.5. The van der Waals surface area contributed by atoms with Crippen molar-refractivity contribution in [2.75, 3.05) is 0 Å². The first kappa shape index (κ1) is 15.5. The van der Waals surface area contributed by atoms with E-state index < -0.39 is 29.8 Å². The van der Waals surface area contributed by atoms with E-state index in [1.54, 1.807) is 7.05 Å². The number of aromatic nitrogens is 2. The van der Waals surface area contributed by atoms with Crippen LogP contribution in [0.2, 0.25) is 0 Å². The summed E-state index contributed by atoms with van der Waals surface area (Å²) < 4.78 is 40.1. The summed E-state index contributed by atoms with van der Waals surface area (Å²) >= 11 is 0. The lowest BCUT2D eigenvalue weighted by molar-refractivity contribution is -0.189. The van der Waals surface area contributed by atoms with E-state index in [0.717, 1.165) is 0 Å². The van der Waals surface area contributed by atoms with Gasteiger partial charge in [-0.1, -0.05) is 12.8 Å². The van der Waals surface area contributed by atoms with Crippen molar-refractivity contribution in [1.29, 1.82) is 0 Å². The molecule has 1 fully saturated rings. The molecule has 5 nitrogen and oxygen atoms in total. The van der Waals surface area contributed by atoms with Gasteiger partial charge in [-0.3, -0.25) is 14.3 Å². The standard InChI is InChI=1S/C13H16F3N3O2/c1-19-7-8(6-17-19)11(20)12(21)18-10-5-3-2-4-9(10)13(14,15)16/h6-7,9-10H,2-5H2,1H3,(H,18,21)/t9-,10+/m0/s1. The highest BCUT2D eigenvalue weighted by Gasteiger charge is 2.46. The second kappa shape index (κ2) is 5.87. The Morgan fingerprint density at radius 1 is 1.33 bits per heavy atom. The van der Waals surface area contributed by atoms with Gasteiger partial charge in [-0.15, -0.1) is 0 Å². The van der Waals surface area contributed by atoms with E-state index in [4.69, 9.17) is 0 Å². The number of nitrogens with one attached hydrogen (secondary N) is 1. The molecule has 1 aliphatic rings. The van der Waals surface area contributed by atoms with Gasteiger partial charge in [0.2, 0.25) is 0 Å². The summed E-state index contributed by atoms with van der Waals surface area (Å²) in [5.41, 5.74) is 0.0642. The number of carbonyl (C=O) groups excluding carboxylic acids is 2. The molecule has 2 rings (SSSR count). The Kier molecular flexibility index (Phi) is 4.34. The largest absolute Gasteiger partial charge is 0.393 e. The van der Waals surface area contributed by atoms with Gasteiger partial charge in [0.1, 0.15) is 0 Å². The lowest BCUT2D eigenvalue weighted by Gasteiger charge is -2.33. The first-order chi connectivity index (χ1) is 9.79. The molecule has 21 heavy (non-hydrogen) atoms. The molecule has 116 valence electrons. The van der Waals surface area contributed by atoms with E-state index in [0.29, 0.717) is 12.8 Å². The first-order valence-corrected chi connectivity index (χ1v) is 6.69. The minimum Gasteiger partial charge on any atom is -0.346 e. The number of Topliss-reactive ketones (excluding diaryl/α,β-unsaturated/α-hetero) is 1. The van der Waals surface area contributed by atoms with Gasteiger partial charge in [0.25, 0.3) is 11.7 Å².